The fraction of sp³-hybridized carbons (Fsp3) is 0.778. The van der Waals surface area contributed by atoms with E-state index in [1.165, 1.54) is 7.11 Å². The molecule has 2 nitrogen and oxygen atoms in total. The lowest BCUT2D eigenvalue weighted by Gasteiger charge is -2.29. The van der Waals surface area contributed by atoms with Gasteiger partial charge in [0.25, 0.3) is 0 Å². The van der Waals surface area contributed by atoms with Gasteiger partial charge < -0.3 is 9.84 Å². The van der Waals surface area contributed by atoms with E-state index < -0.39 is 18.4 Å². The molecule has 1 aliphatic rings. The predicted octanol–water partition coefficient (Wildman–Crippen LogP) is 1.60. The molecule has 0 fully saturated rings. The van der Waals surface area contributed by atoms with E-state index in [0.717, 1.165) is 0 Å². The Balaban J connectivity index is 2.64. The van der Waals surface area contributed by atoms with Crippen molar-refractivity contribution in [3.05, 3.63) is 11.6 Å². The minimum absolute atomic E-state index is 0.125. The molecule has 0 amide bonds. The van der Waals surface area contributed by atoms with Crippen molar-refractivity contribution >= 4 is 0 Å². The first-order valence-corrected chi connectivity index (χ1v) is 4.28. The van der Waals surface area contributed by atoms with E-state index in [9.17, 15) is 8.78 Å². The molecule has 1 rings (SSSR count). The highest BCUT2D eigenvalue weighted by Crippen LogP contribution is 2.30. The van der Waals surface area contributed by atoms with Crippen LogP contribution in [0, 0.1) is 5.92 Å². The molecule has 1 N–H and O–H groups in total. The van der Waals surface area contributed by atoms with Crippen LogP contribution in [0.2, 0.25) is 0 Å². The van der Waals surface area contributed by atoms with E-state index in [2.05, 4.69) is 0 Å². The van der Waals surface area contributed by atoms with Crippen LogP contribution in [0.1, 0.15) is 12.8 Å². The first kappa shape index (κ1) is 10.6. The fourth-order valence-electron chi connectivity index (χ4n) is 1.63. The molecule has 0 bridgehead atoms. The van der Waals surface area contributed by atoms with E-state index in [0.29, 0.717) is 12.0 Å². The second-order valence-electron chi connectivity index (χ2n) is 3.23. The summed E-state index contributed by atoms with van der Waals surface area (Å²) in [7, 11) is 1.44. The number of alkyl halides is 2. The Morgan fingerprint density at radius 1 is 1.69 bits per heavy atom. The third-order valence-electron chi connectivity index (χ3n) is 2.44. The Morgan fingerprint density at radius 3 is 2.85 bits per heavy atom. The number of methoxy groups -OCH3 is 1. The zero-order valence-corrected chi connectivity index (χ0v) is 7.54. The van der Waals surface area contributed by atoms with Crippen molar-refractivity contribution in [3.63, 3.8) is 0 Å². The summed E-state index contributed by atoms with van der Waals surface area (Å²) in [4.78, 5) is 0. The third kappa shape index (κ3) is 2.48. The van der Waals surface area contributed by atoms with Gasteiger partial charge >= 0.3 is 0 Å². The largest absolute Gasteiger partial charge is 0.392 e. The van der Waals surface area contributed by atoms with E-state index in [4.69, 9.17) is 9.84 Å². The van der Waals surface area contributed by atoms with E-state index >= 15 is 0 Å². The topological polar surface area (TPSA) is 29.5 Å². The van der Waals surface area contributed by atoms with E-state index in [1.807, 2.05) is 0 Å². The van der Waals surface area contributed by atoms with Crippen molar-refractivity contribution < 1.29 is 18.6 Å². The average Bonchev–Trinajstić information content (AvgIpc) is 2.16. The summed E-state index contributed by atoms with van der Waals surface area (Å²) in [5, 5.41) is 8.80. The average molecular weight is 192 g/mol. The van der Waals surface area contributed by atoms with Gasteiger partial charge in [-0.25, -0.2) is 8.78 Å². The molecule has 0 aliphatic heterocycles. The molecule has 76 valence electrons. The zero-order chi connectivity index (χ0) is 9.84. The molecule has 0 saturated heterocycles. The summed E-state index contributed by atoms with van der Waals surface area (Å²) in [6.45, 7) is -0.125. The molecule has 0 aromatic carbocycles. The van der Waals surface area contributed by atoms with Crippen LogP contribution in [0.5, 0.6) is 0 Å². The molecule has 13 heavy (non-hydrogen) atoms. The second kappa shape index (κ2) is 4.67. The number of aliphatic hydroxyl groups excluding tert-OH is 1. The third-order valence-corrected chi connectivity index (χ3v) is 2.44. The first-order valence-electron chi connectivity index (χ1n) is 4.28. The van der Waals surface area contributed by atoms with Gasteiger partial charge in [-0.15, -0.1) is 0 Å². The van der Waals surface area contributed by atoms with Gasteiger partial charge in [-0.05, 0) is 18.4 Å². The molecule has 0 spiro atoms. The molecule has 1 aliphatic carbocycles. The number of aliphatic hydroxyl groups is 1. The normalized spacial score (nSPS) is 29.2. The number of hydrogen-bond donors (Lipinski definition) is 1. The van der Waals surface area contributed by atoms with Crippen LogP contribution in [-0.4, -0.2) is 31.4 Å². The highest BCUT2D eigenvalue weighted by molar-refractivity contribution is 5.09. The quantitative estimate of drug-likeness (QED) is 0.688. The predicted molar refractivity (Wildman–Crippen MR) is 44.7 cm³/mol. The zero-order valence-electron chi connectivity index (χ0n) is 7.54. The molecule has 4 heteroatoms. The number of hydrogen-bond acceptors (Lipinski definition) is 2. The maximum Gasteiger partial charge on any atom is 0.244 e. The number of rotatable bonds is 3. The Bertz CT molecular complexity index is 192. The molecule has 0 aromatic rings. The van der Waals surface area contributed by atoms with Gasteiger partial charge in [0, 0.05) is 7.11 Å². The molecule has 2 atom stereocenters. The van der Waals surface area contributed by atoms with Gasteiger partial charge in [0.2, 0.25) is 6.43 Å². The Hall–Kier alpha value is -0.480. The summed E-state index contributed by atoms with van der Waals surface area (Å²) < 4.78 is 29.9. The van der Waals surface area contributed by atoms with Gasteiger partial charge in [-0.2, -0.15) is 0 Å². The van der Waals surface area contributed by atoms with Crippen LogP contribution >= 0.6 is 0 Å². The molecule has 2 unspecified atom stereocenters. The number of ether oxygens (including phenoxy) is 1. The Morgan fingerprint density at radius 2 is 2.38 bits per heavy atom. The van der Waals surface area contributed by atoms with Crippen LogP contribution < -0.4 is 0 Å². The highest BCUT2D eigenvalue weighted by atomic mass is 19.3. The molecular weight excluding hydrogens is 178 g/mol. The number of halogens is 2. The van der Waals surface area contributed by atoms with Crippen LogP contribution in [0.15, 0.2) is 11.6 Å². The van der Waals surface area contributed by atoms with Crippen LogP contribution in [0.25, 0.3) is 0 Å². The fourth-order valence-corrected chi connectivity index (χ4v) is 1.63. The van der Waals surface area contributed by atoms with Crippen LogP contribution in [0.3, 0.4) is 0 Å². The SMILES string of the molecule is COC1CC=C(CO)CC1C(F)F. The van der Waals surface area contributed by atoms with Gasteiger partial charge in [0.05, 0.1) is 18.6 Å². The molecule has 0 heterocycles. The van der Waals surface area contributed by atoms with Crippen LogP contribution in [0.4, 0.5) is 8.78 Å². The summed E-state index contributed by atoms with van der Waals surface area (Å²) in [6, 6.07) is 0. The minimum Gasteiger partial charge on any atom is -0.392 e. The monoisotopic (exact) mass is 192 g/mol. The molecule has 0 radical (unpaired) electrons. The second-order valence-corrected chi connectivity index (χ2v) is 3.23. The standard InChI is InChI=1S/C9H14F2O2/c1-13-8-3-2-6(5-12)4-7(8)9(10)11/h2,7-9,12H,3-5H2,1H3. The molecule has 0 saturated carbocycles. The van der Waals surface area contributed by atoms with Crippen molar-refractivity contribution in [2.24, 2.45) is 5.92 Å². The Kier molecular flexibility index (Phi) is 3.81. The summed E-state index contributed by atoms with van der Waals surface area (Å²) in [6.07, 6.45) is -0.281. The minimum atomic E-state index is -2.37. The molecule has 0 aromatic heterocycles. The van der Waals surface area contributed by atoms with Crippen LogP contribution in [-0.2, 0) is 4.74 Å². The molecular formula is C9H14F2O2. The lowest BCUT2D eigenvalue weighted by molar-refractivity contribution is -0.0335. The maximum atomic E-state index is 12.5. The van der Waals surface area contributed by atoms with Crippen molar-refractivity contribution in [3.8, 4) is 0 Å². The smallest absolute Gasteiger partial charge is 0.244 e. The van der Waals surface area contributed by atoms with E-state index in [-0.39, 0.29) is 13.0 Å². The van der Waals surface area contributed by atoms with Gasteiger partial charge in [0.15, 0.2) is 0 Å². The summed E-state index contributed by atoms with van der Waals surface area (Å²) in [5.41, 5.74) is 0.693. The van der Waals surface area contributed by atoms with Gasteiger partial charge in [-0.1, -0.05) is 6.08 Å². The van der Waals surface area contributed by atoms with E-state index in [1.54, 1.807) is 6.08 Å². The van der Waals surface area contributed by atoms with Crippen molar-refractivity contribution in [1.82, 2.24) is 0 Å². The van der Waals surface area contributed by atoms with Crippen molar-refractivity contribution in [2.75, 3.05) is 13.7 Å². The van der Waals surface area contributed by atoms with Gasteiger partial charge in [-0.3, -0.25) is 0 Å². The summed E-state index contributed by atoms with van der Waals surface area (Å²) in [5.74, 6) is -0.767. The van der Waals surface area contributed by atoms with Gasteiger partial charge in [0.1, 0.15) is 0 Å². The Labute approximate surface area is 76.2 Å². The van der Waals surface area contributed by atoms with Crippen molar-refractivity contribution in [2.45, 2.75) is 25.4 Å². The van der Waals surface area contributed by atoms with Crippen molar-refractivity contribution in [1.29, 1.82) is 0 Å². The lowest BCUT2D eigenvalue weighted by Crippen LogP contribution is -2.32. The maximum absolute atomic E-state index is 12.5. The first-order chi connectivity index (χ1) is 6.19. The highest BCUT2D eigenvalue weighted by Gasteiger charge is 2.32. The lowest BCUT2D eigenvalue weighted by atomic mass is 9.87. The summed E-state index contributed by atoms with van der Waals surface area (Å²) >= 11 is 0.